The Morgan fingerprint density at radius 1 is 1.09 bits per heavy atom. The van der Waals surface area contributed by atoms with Crippen LogP contribution in [0.1, 0.15) is 35.3 Å². The van der Waals surface area contributed by atoms with E-state index in [-0.39, 0.29) is 17.2 Å². The molecular formula is C27H25N3O5. The Balaban J connectivity index is 1.92. The summed E-state index contributed by atoms with van der Waals surface area (Å²) < 4.78 is 5.52. The molecule has 4 rings (SSSR count). The molecule has 0 radical (unpaired) electrons. The van der Waals surface area contributed by atoms with E-state index in [4.69, 9.17) is 4.74 Å². The molecule has 2 amide bonds. The van der Waals surface area contributed by atoms with Crippen molar-refractivity contribution in [3.05, 3.63) is 88.8 Å². The van der Waals surface area contributed by atoms with Crippen LogP contribution in [-0.2, 0) is 14.4 Å². The van der Waals surface area contributed by atoms with Crippen molar-refractivity contribution in [2.45, 2.75) is 26.8 Å². The average molecular weight is 472 g/mol. The molecule has 2 heterocycles. The fourth-order valence-corrected chi connectivity index (χ4v) is 4.37. The number of benzene rings is 2. The second kappa shape index (κ2) is 9.42. The van der Waals surface area contributed by atoms with Gasteiger partial charge in [-0.25, -0.2) is 0 Å². The van der Waals surface area contributed by atoms with Gasteiger partial charge in [0.25, 0.3) is 11.7 Å². The Labute approximate surface area is 202 Å². The van der Waals surface area contributed by atoms with E-state index >= 15 is 0 Å². The lowest BCUT2D eigenvalue weighted by Crippen LogP contribution is -2.29. The van der Waals surface area contributed by atoms with E-state index in [2.05, 4.69) is 10.3 Å². The summed E-state index contributed by atoms with van der Waals surface area (Å²) >= 11 is 0. The Morgan fingerprint density at radius 2 is 1.80 bits per heavy atom. The minimum Gasteiger partial charge on any atom is -0.507 e. The summed E-state index contributed by atoms with van der Waals surface area (Å²) in [6.45, 7) is 5.11. The number of carbonyl (C=O) groups excluding carboxylic acids is 3. The van der Waals surface area contributed by atoms with Crippen molar-refractivity contribution in [3.8, 4) is 5.75 Å². The van der Waals surface area contributed by atoms with Crippen LogP contribution in [0.2, 0.25) is 0 Å². The van der Waals surface area contributed by atoms with Crippen LogP contribution in [0.25, 0.3) is 5.76 Å². The second-order valence-electron chi connectivity index (χ2n) is 8.31. The van der Waals surface area contributed by atoms with Gasteiger partial charge in [-0.2, -0.15) is 0 Å². The zero-order valence-electron chi connectivity index (χ0n) is 19.8. The van der Waals surface area contributed by atoms with Gasteiger partial charge in [0.05, 0.1) is 23.9 Å². The molecule has 1 aliphatic heterocycles. The minimum absolute atomic E-state index is 0.0806. The smallest absolute Gasteiger partial charge is 0.300 e. The molecule has 0 spiro atoms. The van der Waals surface area contributed by atoms with Crippen molar-refractivity contribution < 1.29 is 24.2 Å². The average Bonchev–Trinajstić information content (AvgIpc) is 3.09. The number of aromatic nitrogens is 1. The highest BCUT2D eigenvalue weighted by atomic mass is 16.5. The molecule has 0 bridgehead atoms. The molecule has 1 unspecified atom stereocenters. The quantitative estimate of drug-likeness (QED) is 0.326. The normalized spacial score (nSPS) is 16.9. The van der Waals surface area contributed by atoms with E-state index in [1.807, 2.05) is 19.9 Å². The number of amides is 2. The van der Waals surface area contributed by atoms with Gasteiger partial charge in [0.15, 0.2) is 0 Å². The standard InChI is InChI=1S/C27H25N3O5/c1-15-13-16(2)26(35-4)20(14-15)24(32)22-23(21-7-5-6-12-28-21)30(27(34)25(22)33)19-10-8-18(9-11-19)29-17(3)31/h5-14,23,32H,1-4H3,(H,29,31)/b24-22+. The number of Topliss-reactive ketones (excluding diaryl/α,β-unsaturated/α-hetero) is 1. The van der Waals surface area contributed by atoms with E-state index in [0.717, 1.165) is 11.1 Å². The zero-order chi connectivity index (χ0) is 25.3. The van der Waals surface area contributed by atoms with Crippen LogP contribution in [0.4, 0.5) is 11.4 Å². The molecule has 35 heavy (non-hydrogen) atoms. The highest BCUT2D eigenvalue weighted by Crippen LogP contribution is 2.43. The van der Waals surface area contributed by atoms with E-state index in [9.17, 15) is 19.5 Å². The van der Waals surface area contributed by atoms with Crippen LogP contribution in [0.15, 0.2) is 66.4 Å². The number of carbonyl (C=O) groups is 3. The van der Waals surface area contributed by atoms with Gasteiger partial charge in [0.2, 0.25) is 5.91 Å². The third kappa shape index (κ3) is 4.38. The van der Waals surface area contributed by atoms with E-state index in [0.29, 0.717) is 28.4 Å². The maximum Gasteiger partial charge on any atom is 0.300 e. The molecule has 178 valence electrons. The number of methoxy groups -OCH3 is 1. The first kappa shape index (κ1) is 23.7. The molecule has 0 saturated carbocycles. The van der Waals surface area contributed by atoms with Gasteiger partial charge in [0.1, 0.15) is 17.6 Å². The lowest BCUT2D eigenvalue weighted by Gasteiger charge is -2.25. The fourth-order valence-electron chi connectivity index (χ4n) is 4.37. The van der Waals surface area contributed by atoms with Gasteiger partial charge in [-0.05, 0) is 67.4 Å². The predicted molar refractivity (Wildman–Crippen MR) is 132 cm³/mol. The topological polar surface area (TPSA) is 109 Å². The van der Waals surface area contributed by atoms with Gasteiger partial charge < -0.3 is 15.2 Å². The summed E-state index contributed by atoms with van der Waals surface area (Å²) in [5.74, 6) is -1.77. The van der Waals surface area contributed by atoms with Crippen LogP contribution in [0, 0.1) is 13.8 Å². The minimum atomic E-state index is -0.964. The van der Waals surface area contributed by atoms with Gasteiger partial charge >= 0.3 is 0 Å². The molecule has 1 atom stereocenters. The molecule has 1 saturated heterocycles. The Morgan fingerprint density at radius 3 is 2.40 bits per heavy atom. The zero-order valence-corrected chi connectivity index (χ0v) is 19.8. The lowest BCUT2D eigenvalue weighted by molar-refractivity contribution is -0.132. The monoisotopic (exact) mass is 471 g/mol. The fraction of sp³-hybridized carbons (Fsp3) is 0.185. The number of aryl methyl sites for hydroxylation is 2. The number of aliphatic hydroxyl groups is 1. The number of pyridine rings is 1. The van der Waals surface area contributed by atoms with Crippen LogP contribution >= 0.6 is 0 Å². The Kier molecular flexibility index (Phi) is 6.38. The molecule has 2 aromatic carbocycles. The maximum atomic E-state index is 13.3. The molecule has 8 heteroatoms. The van der Waals surface area contributed by atoms with Gasteiger partial charge in [0, 0.05) is 24.5 Å². The summed E-state index contributed by atoms with van der Waals surface area (Å²) in [5, 5.41) is 14.1. The molecule has 8 nitrogen and oxygen atoms in total. The van der Waals surface area contributed by atoms with Crippen molar-refractivity contribution in [2.24, 2.45) is 0 Å². The third-order valence-electron chi connectivity index (χ3n) is 5.76. The van der Waals surface area contributed by atoms with E-state index < -0.39 is 17.7 Å². The predicted octanol–water partition coefficient (Wildman–Crippen LogP) is 4.29. The molecule has 3 aromatic rings. The van der Waals surface area contributed by atoms with Crippen molar-refractivity contribution in [2.75, 3.05) is 17.3 Å². The number of nitrogens with one attached hydrogen (secondary N) is 1. The maximum absolute atomic E-state index is 13.3. The second-order valence-corrected chi connectivity index (χ2v) is 8.31. The number of ether oxygens (including phenoxy) is 1. The number of rotatable bonds is 5. The van der Waals surface area contributed by atoms with Crippen molar-refractivity contribution in [1.82, 2.24) is 4.98 Å². The lowest BCUT2D eigenvalue weighted by atomic mass is 9.95. The van der Waals surface area contributed by atoms with Gasteiger partial charge in [-0.15, -0.1) is 0 Å². The number of anilines is 2. The Bertz CT molecular complexity index is 1350. The van der Waals surface area contributed by atoms with E-state index in [1.165, 1.54) is 18.9 Å². The van der Waals surface area contributed by atoms with Gasteiger partial charge in [-0.1, -0.05) is 12.1 Å². The third-order valence-corrected chi connectivity index (χ3v) is 5.76. The largest absolute Gasteiger partial charge is 0.507 e. The van der Waals surface area contributed by atoms with Crippen LogP contribution in [0.5, 0.6) is 5.75 Å². The van der Waals surface area contributed by atoms with E-state index in [1.54, 1.807) is 54.7 Å². The summed E-state index contributed by atoms with van der Waals surface area (Å²) in [4.78, 5) is 43.7. The highest BCUT2D eigenvalue weighted by Gasteiger charge is 2.47. The van der Waals surface area contributed by atoms with Crippen LogP contribution in [0.3, 0.4) is 0 Å². The molecule has 0 aliphatic carbocycles. The van der Waals surface area contributed by atoms with Crippen molar-refractivity contribution in [1.29, 1.82) is 0 Å². The number of hydrogen-bond donors (Lipinski definition) is 2. The van der Waals surface area contributed by atoms with Crippen LogP contribution in [-0.4, -0.2) is 34.8 Å². The Hall–Kier alpha value is -4.46. The number of nitrogens with zero attached hydrogens (tertiary/aromatic N) is 2. The summed E-state index contributed by atoms with van der Waals surface area (Å²) in [5.41, 5.74) is 3.28. The molecule has 1 aromatic heterocycles. The summed E-state index contributed by atoms with van der Waals surface area (Å²) in [6.07, 6.45) is 1.56. The first-order chi connectivity index (χ1) is 16.7. The van der Waals surface area contributed by atoms with Crippen LogP contribution < -0.4 is 15.0 Å². The highest BCUT2D eigenvalue weighted by molar-refractivity contribution is 6.51. The molecular weight excluding hydrogens is 446 g/mol. The van der Waals surface area contributed by atoms with Gasteiger partial charge in [-0.3, -0.25) is 24.3 Å². The van der Waals surface area contributed by atoms with Crippen molar-refractivity contribution in [3.63, 3.8) is 0 Å². The SMILES string of the molecule is COc1c(C)cc(C)cc1/C(O)=C1\C(=O)C(=O)N(c2ccc(NC(C)=O)cc2)C1c1ccccn1. The molecule has 1 aliphatic rings. The summed E-state index contributed by atoms with van der Waals surface area (Å²) in [6, 6.07) is 14.4. The number of ketones is 1. The first-order valence-electron chi connectivity index (χ1n) is 11.0. The summed E-state index contributed by atoms with van der Waals surface area (Å²) in [7, 11) is 1.49. The number of aliphatic hydroxyl groups excluding tert-OH is 1. The first-order valence-corrected chi connectivity index (χ1v) is 11.0. The molecule has 2 N–H and O–H groups in total. The molecule has 1 fully saturated rings. The number of hydrogen-bond acceptors (Lipinski definition) is 6. The van der Waals surface area contributed by atoms with Crippen molar-refractivity contribution >= 4 is 34.7 Å².